The molecular formula is C11H20BrNO4S. The minimum atomic E-state index is -2.98. The molecule has 5 nitrogen and oxygen atoms in total. The van der Waals surface area contributed by atoms with Crippen LogP contribution in [0.3, 0.4) is 0 Å². The van der Waals surface area contributed by atoms with Gasteiger partial charge in [-0.2, -0.15) is 0 Å². The highest BCUT2D eigenvalue weighted by Crippen LogP contribution is 2.20. The highest BCUT2D eigenvalue weighted by molar-refractivity contribution is 9.10. The molecule has 1 heterocycles. The van der Waals surface area contributed by atoms with Crippen LogP contribution in [0.4, 0.5) is 0 Å². The summed E-state index contributed by atoms with van der Waals surface area (Å²) in [5, 5.41) is 0. The van der Waals surface area contributed by atoms with Crippen molar-refractivity contribution in [1.29, 1.82) is 0 Å². The second-order valence-corrected chi connectivity index (χ2v) is 7.79. The third-order valence-corrected chi connectivity index (χ3v) is 5.88. The lowest BCUT2D eigenvalue weighted by molar-refractivity contribution is -0.133. The Morgan fingerprint density at radius 2 is 2.22 bits per heavy atom. The van der Waals surface area contributed by atoms with E-state index in [1.807, 2.05) is 6.92 Å². The molecule has 1 fully saturated rings. The molecule has 0 bridgehead atoms. The largest absolute Gasteiger partial charge is 0.383 e. The summed E-state index contributed by atoms with van der Waals surface area (Å²) in [7, 11) is -1.41. The van der Waals surface area contributed by atoms with Gasteiger partial charge < -0.3 is 9.64 Å². The Balaban J connectivity index is 2.75. The Kier molecular flexibility index (Phi) is 6.07. The lowest BCUT2D eigenvalue weighted by Gasteiger charge is -2.29. The SMILES string of the molecule is CCC(Br)C(=O)N(CCOC)C1CCS(=O)(=O)C1. The van der Waals surface area contributed by atoms with E-state index in [9.17, 15) is 13.2 Å². The predicted molar refractivity (Wildman–Crippen MR) is 73.7 cm³/mol. The van der Waals surface area contributed by atoms with Crippen LogP contribution in [-0.2, 0) is 19.4 Å². The zero-order chi connectivity index (χ0) is 13.8. The maximum Gasteiger partial charge on any atom is 0.236 e. The molecule has 0 aliphatic carbocycles. The summed E-state index contributed by atoms with van der Waals surface area (Å²) in [6.45, 7) is 2.78. The van der Waals surface area contributed by atoms with Gasteiger partial charge >= 0.3 is 0 Å². The maximum atomic E-state index is 12.2. The number of methoxy groups -OCH3 is 1. The van der Waals surface area contributed by atoms with E-state index in [1.54, 1.807) is 12.0 Å². The number of rotatable bonds is 6. The van der Waals surface area contributed by atoms with E-state index in [2.05, 4.69) is 15.9 Å². The molecule has 2 unspecified atom stereocenters. The highest BCUT2D eigenvalue weighted by atomic mass is 79.9. The van der Waals surface area contributed by atoms with E-state index in [-0.39, 0.29) is 28.3 Å². The number of sulfone groups is 1. The maximum absolute atomic E-state index is 12.2. The van der Waals surface area contributed by atoms with Crippen molar-refractivity contribution in [3.8, 4) is 0 Å². The molecule has 0 aromatic carbocycles. The molecule has 1 amide bonds. The van der Waals surface area contributed by atoms with Crippen molar-refractivity contribution in [2.75, 3.05) is 31.8 Å². The van der Waals surface area contributed by atoms with Crippen LogP contribution >= 0.6 is 15.9 Å². The van der Waals surface area contributed by atoms with Gasteiger partial charge in [-0.1, -0.05) is 22.9 Å². The molecule has 0 aromatic heterocycles. The number of halogens is 1. The lowest BCUT2D eigenvalue weighted by atomic mass is 10.2. The monoisotopic (exact) mass is 341 g/mol. The van der Waals surface area contributed by atoms with Gasteiger partial charge in [-0.05, 0) is 12.8 Å². The Morgan fingerprint density at radius 1 is 1.56 bits per heavy atom. The van der Waals surface area contributed by atoms with Crippen molar-refractivity contribution in [2.45, 2.75) is 30.6 Å². The zero-order valence-electron chi connectivity index (χ0n) is 10.8. The summed E-state index contributed by atoms with van der Waals surface area (Å²) in [5.74, 6) is 0.205. The molecule has 7 heteroatoms. The van der Waals surface area contributed by atoms with Crippen molar-refractivity contribution in [1.82, 2.24) is 4.90 Å². The molecule has 0 radical (unpaired) electrons. The van der Waals surface area contributed by atoms with Gasteiger partial charge in [0.15, 0.2) is 9.84 Å². The molecule has 0 saturated carbocycles. The minimum absolute atomic E-state index is 0.0448. The van der Waals surface area contributed by atoms with Crippen LogP contribution in [-0.4, -0.2) is 61.9 Å². The van der Waals surface area contributed by atoms with Gasteiger partial charge in [0.25, 0.3) is 0 Å². The number of alkyl halides is 1. The molecule has 1 rings (SSSR count). The van der Waals surface area contributed by atoms with Gasteiger partial charge in [0, 0.05) is 19.7 Å². The van der Waals surface area contributed by atoms with E-state index in [4.69, 9.17) is 4.74 Å². The second-order valence-electron chi connectivity index (χ2n) is 4.46. The summed E-state index contributed by atoms with van der Waals surface area (Å²) in [4.78, 5) is 13.6. The molecule has 106 valence electrons. The third kappa shape index (κ3) is 4.20. The van der Waals surface area contributed by atoms with Crippen molar-refractivity contribution in [2.24, 2.45) is 0 Å². The fourth-order valence-corrected chi connectivity index (χ4v) is 4.03. The van der Waals surface area contributed by atoms with E-state index in [0.29, 0.717) is 26.0 Å². The van der Waals surface area contributed by atoms with Crippen molar-refractivity contribution in [3.05, 3.63) is 0 Å². The topological polar surface area (TPSA) is 63.7 Å². The number of hydrogen-bond donors (Lipinski definition) is 0. The van der Waals surface area contributed by atoms with Gasteiger partial charge in [0.2, 0.25) is 5.91 Å². The molecule has 1 aliphatic heterocycles. The van der Waals surface area contributed by atoms with Crippen LogP contribution in [0.2, 0.25) is 0 Å². The molecule has 18 heavy (non-hydrogen) atoms. The molecule has 0 N–H and O–H groups in total. The fraction of sp³-hybridized carbons (Fsp3) is 0.909. The predicted octanol–water partition coefficient (Wildman–Crippen LogP) is 0.822. The Hall–Kier alpha value is -0.140. The van der Waals surface area contributed by atoms with Crippen molar-refractivity contribution < 1.29 is 17.9 Å². The van der Waals surface area contributed by atoms with Gasteiger partial charge in [-0.15, -0.1) is 0 Å². The van der Waals surface area contributed by atoms with E-state index in [1.165, 1.54) is 0 Å². The normalized spacial score (nSPS) is 23.8. The number of nitrogens with zero attached hydrogens (tertiary/aromatic N) is 1. The quantitative estimate of drug-likeness (QED) is 0.671. The number of ether oxygens (including phenoxy) is 1. The van der Waals surface area contributed by atoms with Crippen LogP contribution in [0.1, 0.15) is 19.8 Å². The van der Waals surface area contributed by atoms with Gasteiger partial charge in [-0.3, -0.25) is 4.79 Å². The zero-order valence-corrected chi connectivity index (χ0v) is 13.2. The summed E-state index contributed by atoms with van der Waals surface area (Å²) in [5.41, 5.74) is 0. The highest BCUT2D eigenvalue weighted by Gasteiger charge is 2.35. The smallest absolute Gasteiger partial charge is 0.236 e. The first-order chi connectivity index (χ1) is 8.41. The Morgan fingerprint density at radius 3 is 2.67 bits per heavy atom. The third-order valence-electron chi connectivity index (χ3n) is 3.09. The number of carbonyl (C=O) groups excluding carboxylic acids is 1. The Labute approximate surface area is 117 Å². The van der Waals surface area contributed by atoms with Crippen LogP contribution in [0.5, 0.6) is 0 Å². The standard InChI is InChI=1S/C11H20BrNO4S/c1-3-10(12)11(14)13(5-6-17-2)9-4-7-18(15,16)8-9/h9-10H,3-8H2,1-2H3. The number of carbonyl (C=O) groups is 1. The molecule has 2 atom stereocenters. The minimum Gasteiger partial charge on any atom is -0.383 e. The van der Waals surface area contributed by atoms with Crippen LogP contribution in [0.25, 0.3) is 0 Å². The van der Waals surface area contributed by atoms with E-state index in [0.717, 1.165) is 0 Å². The molecule has 0 spiro atoms. The van der Waals surface area contributed by atoms with E-state index >= 15 is 0 Å². The molecular weight excluding hydrogens is 322 g/mol. The molecule has 1 saturated heterocycles. The Bertz CT molecular complexity index is 385. The first kappa shape index (κ1) is 15.9. The number of amides is 1. The van der Waals surface area contributed by atoms with Crippen LogP contribution in [0.15, 0.2) is 0 Å². The molecule has 0 aromatic rings. The van der Waals surface area contributed by atoms with Crippen LogP contribution in [0, 0.1) is 0 Å². The first-order valence-corrected chi connectivity index (χ1v) is 8.79. The first-order valence-electron chi connectivity index (χ1n) is 6.05. The average molecular weight is 342 g/mol. The summed E-state index contributed by atoms with van der Waals surface area (Å²) >= 11 is 3.33. The van der Waals surface area contributed by atoms with Crippen molar-refractivity contribution in [3.63, 3.8) is 0 Å². The van der Waals surface area contributed by atoms with Crippen LogP contribution < -0.4 is 0 Å². The number of hydrogen-bond acceptors (Lipinski definition) is 4. The van der Waals surface area contributed by atoms with E-state index < -0.39 is 9.84 Å². The summed E-state index contributed by atoms with van der Waals surface area (Å²) in [6.07, 6.45) is 1.21. The van der Waals surface area contributed by atoms with Gasteiger partial charge in [-0.25, -0.2) is 8.42 Å². The second kappa shape index (κ2) is 6.86. The van der Waals surface area contributed by atoms with Gasteiger partial charge in [0.1, 0.15) is 0 Å². The average Bonchev–Trinajstić information content (AvgIpc) is 2.68. The summed E-state index contributed by atoms with van der Waals surface area (Å²) < 4.78 is 28.0. The molecule has 1 aliphatic rings. The van der Waals surface area contributed by atoms with Crippen molar-refractivity contribution >= 4 is 31.7 Å². The fourth-order valence-electron chi connectivity index (χ4n) is 2.04. The van der Waals surface area contributed by atoms with Gasteiger partial charge in [0.05, 0.1) is 22.9 Å². The summed E-state index contributed by atoms with van der Waals surface area (Å²) in [6, 6.07) is -0.204. The lowest BCUT2D eigenvalue weighted by Crippen LogP contribution is -2.46.